The first-order chi connectivity index (χ1) is 7.99. The fourth-order valence-electron chi connectivity index (χ4n) is 2.06. The molecular weight excluding hydrogens is 248 g/mol. The van der Waals surface area contributed by atoms with Crippen molar-refractivity contribution < 1.29 is 23.1 Å². The molecule has 2 heterocycles. The summed E-state index contributed by atoms with van der Waals surface area (Å²) < 4.78 is 32.2. The van der Waals surface area contributed by atoms with E-state index in [9.17, 15) is 13.2 Å². The zero-order chi connectivity index (χ0) is 12.5. The van der Waals surface area contributed by atoms with Gasteiger partial charge < -0.3 is 9.84 Å². The van der Waals surface area contributed by atoms with Crippen molar-refractivity contribution >= 4 is 16.2 Å². The van der Waals surface area contributed by atoms with Crippen LogP contribution < -0.4 is 4.72 Å². The summed E-state index contributed by atoms with van der Waals surface area (Å²) in [5.41, 5.74) is 0. The Bertz CT molecular complexity index is 390. The zero-order valence-corrected chi connectivity index (χ0v) is 10.1. The van der Waals surface area contributed by atoms with Gasteiger partial charge in [0, 0.05) is 26.2 Å². The summed E-state index contributed by atoms with van der Waals surface area (Å²) in [4.78, 5) is 10.9. The van der Waals surface area contributed by atoms with Gasteiger partial charge in [0.25, 0.3) is 10.2 Å². The first-order valence-electron chi connectivity index (χ1n) is 5.58. The molecule has 2 saturated heterocycles. The minimum absolute atomic E-state index is 0.0184. The smallest absolute Gasteiger partial charge is 0.309 e. The predicted octanol–water partition coefficient (Wildman–Crippen LogP) is -0.984. The van der Waals surface area contributed by atoms with Crippen molar-refractivity contribution in [2.24, 2.45) is 5.92 Å². The molecule has 0 amide bonds. The molecule has 0 aromatic carbocycles. The number of rotatable bonds is 3. The number of ether oxygens (including phenoxy) is 1. The van der Waals surface area contributed by atoms with Crippen molar-refractivity contribution in [3.63, 3.8) is 0 Å². The second-order valence-corrected chi connectivity index (χ2v) is 6.10. The Labute approximate surface area is 99.9 Å². The number of carboxylic acids is 1. The van der Waals surface area contributed by atoms with Crippen molar-refractivity contribution in [1.29, 1.82) is 0 Å². The topological polar surface area (TPSA) is 95.9 Å². The summed E-state index contributed by atoms with van der Waals surface area (Å²) >= 11 is 0. The Hall–Kier alpha value is -0.700. The number of nitrogens with zero attached hydrogens (tertiary/aromatic N) is 1. The molecule has 0 aromatic rings. The molecule has 0 radical (unpaired) electrons. The van der Waals surface area contributed by atoms with E-state index >= 15 is 0 Å². The molecule has 2 aliphatic rings. The van der Waals surface area contributed by atoms with Crippen LogP contribution in [0.15, 0.2) is 0 Å². The maximum absolute atomic E-state index is 11.7. The maximum Gasteiger partial charge on any atom is 0.309 e. The fourth-order valence-corrected chi connectivity index (χ4v) is 3.39. The highest BCUT2D eigenvalue weighted by Gasteiger charge is 2.36. The van der Waals surface area contributed by atoms with E-state index in [0.717, 1.165) is 12.8 Å². The van der Waals surface area contributed by atoms with Gasteiger partial charge in [-0.1, -0.05) is 0 Å². The quantitative estimate of drug-likeness (QED) is 0.683. The standard InChI is InChI=1S/C9H16N2O5S/c12-9(13)7-4-10-17(14,15)11(5-7)6-8-2-1-3-16-8/h7-8,10H,1-6H2,(H,12,13). The van der Waals surface area contributed by atoms with Crippen LogP contribution in [0.2, 0.25) is 0 Å². The molecule has 0 saturated carbocycles. The van der Waals surface area contributed by atoms with Crippen LogP contribution in [0.25, 0.3) is 0 Å². The first kappa shape index (κ1) is 12.7. The molecule has 2 aliphatic heterocycles. The molecule has 2 fully saturated rings. The van der Waals surface area contributed by atoms with Gasteiger partial charge >= 0.3 is 5.97 Å². The molecule has 7 nitrogen and oxygen atoms in total. The highest BCUT2D eigenvalue weighted by molar-refractivity contribution is 7.87. The normalized spacial score (nSPS) is 33.6. The molecule has 8 heteroatoms. The Kier molecular flexibility index (Phi) is 3.67. The van der Waals surface area contributed by atoms with E-state index in [1.165, 1.54) is 4.31 Å². The average Bonchev–Trinajstić information content (AvgIpc) is 2.73. The molecule has 2 atom stereocenters. The van der Waals surface area contributed by atoms with Crippen LogP contribution in [0.3, 0.4) is 0 Å². The molecule has 0 bridgehead atoms. The Morgan fingerprint density at radius 2 is 2.29 bits per heavy atom. The Morgan fingerprint density at radius 3 is 2.88 bits per heavy atom. The summed E-state index contributed by atoms with van der Waals surface area (Å²) in [5.74, 6) is -1.68. The molecule has 2 N–H and O–H groups in total. The molecule has 2 unspecified atom stereocenters. The summed E-state index contributed by atoms with van der Waals surface area (Å²) in [6.45, 7) is 0.859. The van der Waals surface area contributed by atoms with E-state index < -0.39 is 22.1 Å². The van der Waals surface area contributed by atoms with Crippen molar-refractivity contribution in [2.45, 2.75) is 18.9 Å². The summed E-state index contributed by atoms with van der Waals surface area (Å²) in [7, 11) is -3.54. The van der Waals surface area contributed by atoms with E-state index in [4.69, 9.17) is 9.84 Å². The van der Waals surface area contributed by atoms with Crippen molar-refractivity contribution in [3.8, 4) is 0 Å². The van der Waals surface area contributed by atoms with E-state index in [-0.39, 0.29) is 25.7 Å². The zero-order valence-electron chi connectivity index (χ0n) is 9.33. The molecular formula is C9H16N2O5S. The number of nitrogens with one attached hydrogen (secondary N) is 1. The molecule has 0 aliphatic carbocycles. The third-order valence-corrected chi connectivity index (χ3v) is 4.57. The highest BCUT2D eigenvalue weighted by atomic mass is 32.2. The van der Waals surface area contributed by atoms with Crippen LogP contribution in [0.5, 0.6) is 0 Å². The second-order valence-electron chi connectivity index (χ2n) is 4.34. The summed E-state index contributed by atoms with van der Waals surface area (Å²) in [5, 5.41) is 8.89. The number of carbonyl (C=O) groups is 1. The predicted molar refractivity (Wildman–Crippen MR) is 58.6 cm³/mol. The van der Waals surface area contributed by atoms with Gasteiger partial charge in [0.15, 0.2) is 0 Å². The minimum Gasteiger partial charge on any atom is -0.481 e. The SMILES string of the molecule is O=C(O)C1CNS(=O)(=O)N(CC2CCCO2)C1. The Balaban J connectivity index is 2.02. The van der Waals surface area contributed by atoms with Gasteiger partial charge in [-0.05, 0) is 12.8 Å². The van der Waals surface area contributed by atoms with Gasteiger partial charge in [-0.3, -0.25) is 4.79 Å². The van der Waals surface area contributed by atoms with E-state index in [0.29, 0.717) is 6.61 Å². The third-order valence-electron chi connectivity index (χ3n) is 3.06. The minimum atomic E-state index is -3.54. The van der Waals surface area contributed by atoms with Crippen LogP contribution >= 0.6 is 0 Å². The largest absolute Gasteiger partial charge is 0.481 e. The summed E-state index contributed by atoms with van der Waals surface area (Å²) in [6, 6.07) is 0. The van der Waals surface area contributed by atoms with Crippen LogP contribution in [0.1, 0.15) is 12.8 Å². The first-order valence-corrected chi connectivity index (χ1v) is 7.02. The molecule has 17 heavy (non-hydrogen) atoms. The molecule has 0 aromatic heterocycles. The monoisotopic (exact) mass is 264 g/mol. The van der Waals surface area contributed by atoms with Crippen molar-refractivity contribution in [3.05, 3.63) is 0 Å². The lowest BCUT2D eigenvalue weighted by Gasteiger charge is -2.31. The van der Waals surface area contributed by atoms with E-state index in [1.54, 1.807) is 0 Å². The van der Waals surface area contributed by atoms with Crippen molar-refractivity contribution in [2.75, 3.05) is 26.2 Å². The second kappa shape index (κ2) is 4.89. The van der Waals surface area contributed by atoms with Gasteiger partial charge in [0.1, 0.15) is 0 Å². The fraction of sp³-hybridized carbons (Fsp3) is 0.889. The number of aliphatic carboxylic acids is 1. The van der Waals surface area contributed by atoms with Crippen molar-refractivity contribution in [1.82, 2.24) is 9.03 Å². The van der Waals surface area contributed by atoms with Crippen LogP contribution in [0, 0.1) is 5.92 Å². The van der Waals surface area contributed by atoms with Gasteiger partial charge in [-0.25, -0.2) is 4.72 Å². The lowest BCUT2D eigenvalue weighted by molar-refractivity contribution is -0.142. The maximum atomic E-state index is 11.7. The van der Waals surface area contributed by atoms with E-state index in [1.807, 2.05) is 0 Å². The number of hydrogen-bond acceptors (Lipinski definition) is 4. The van der Waals surface area contributed by atoms with Crippen LogP contribution in [-0.4, -0.2) is 56.1 Å². The van der Waals surface area contributed by atoms with Gasteiger partial charge in [0.2, 0.25) is 0 Å². The van der Waals surface area contributed by atoms with Gasteiger partial charge in [-0.2, -0.15) is 12.7 Å². The van der Waals surface area contributed by atoms with Gasteiger partial charge in [0.05, 0.1) is 12.0 Å². The Morgan fingerprint density at radius 1 is 1.53 bits per heavy atom. The van der Waals surface area contributed by atoms with Gasteiger partial charge in [-0.15, -0.1) is 0 Å². The molecule has 2 rings (SSSR count). The number of hydrogen-bond donors (Lipinski definition) is 2. The van der Waals surface area contributed by atoms with Crippen LogP contribution in [-0.2, 0) is 19.7 Å². The summed E-state index contributed by atoms with van der Waals surface area (Å²) in [6.07, 6.45) is 1.64. The highest BCUT2D eigenvalue weighted by Crippen LogP contribution is 2.18. The third kappa shape index (κ3) is 2.95. The molecule has 98 valence electrons. The van der Waals surface area contributed by atoms with E-state index in [2.05, 4.69) is 4.72 Å². The lowest BCUT2D eigenvalue weighted by Crippen LogP contribution is -2.54. The average molecular weight is 264 g/mol. The lowest BCUT2D eigenvalue weighted by atomic mass is 10.1. The number of carboxylic acid groups (broad SMARTS) is 1. The van der Waals surface area contributed by atoms with Crippen LogP contribution in [0.4, 0.5) is 0 Å². The molecule has 0 spiro atoms.